The summed E-state index contributed by atoms with van der Waals surface area (Å²) in [6.45, 7) is 4.37. The lowest BCUT2D eigenvalue weighted by Crippen LogP contribution is -2.56. The zero-order valence-corrected chi connectivity index (χ0v) is 18.8. The molecule has 0 heterocycles. The largest absolute Gasteiger partial charge is 0.356 e. The molecule has 4 nitrogen and oxygen atoms in total. The Bertz CT molecular complexity index is 339. The number of aliphatic imine (C=N–C) groups is 1. The molecule has 2 unspecified atom stereocenters. The lowest BCUT2D eigenvalue weighted by Gasteiger charge is -2.45. The van der Waals surface area contributed by atoms with Crippen LogP contribution in [0.4, 0.5) is 0 Å². The van der Waals surface area contributed by atoms with Crippen molar-refractivity contribution in [3.8, 4) is 0 Å². The van der Waals surface area contributed by atoms with E-state index in [9.17, 15) is 0 Å². The Morgan fingerprint density at radius 3 is 2.61 bits per heavy atom. The van der Waals surface area contributed by atoms with Crippen LogP contribution < -0.4 is 10.6 Å². The maximum atomic E-state index is 4.37. The molecule has 0 aromatic carbocycles. The second-order valence-corrected chi connectivity index (χ2v) is 7.86. The highest BCUT2D eigenvalue weighted by Crippen LogP contribution is 2.35. The molecule has 138 valence electrons. The zero-order valence-electron chi connectivity index (χ0n) is 15.7. The van der Waals surface area contributed by atoms with Crippen molar-refractivity contribution in [1.29, 1.82) is 0 Å². The Kier molecular flexibility index (Phi) is 12.8. The number of hydrogen-bond acceptors (Lipinski definition) is 3. The first-order valence-corrected chi connectivity index (χ1v) is 10.0. The van der Waals surface area contributed by atoms with E-state index in [0.717, 1.165) is 25.0 Å². The van der Waals surface area contributed by atoms with Crippen LogP contribution in [-0.4, -0.2) is 62.6 Å². The molecule has 1 fully saturated rings. The molecular weight excluding hydrogens is 419 g/mol. The van der Waals surface area contributed by atoms with Crippen LogP contribution in [0.25, 0.3) is 0 Å². The summed E-state index contributed by atoms with van der Waals surface area (Å²) in [6, 6.07) is 0. The van der Waals surface area contributed by atoms with E-state index >= 15 is 0 Å². The number of nitrogens with zero attached hydrogens (tertiary/aromatic N) is 2. The molecule has 1 aliphatic carbocycles. The Labute approximate surface area is 165 Å². The van der Waals surface area contributed by atoms with Gasteiger partial charge in [-0.25, -0.2) is 0 Å². The lowest BCUT2D eigenvalue weighted by molar-refractivity contribution is 0.0796. The van der Waals surface area contributed by atoms with Crippen LogP contribution >= 0.6 is 35.7 Å². The van der Waals surface area contributed by atoms with E-state index in [1.54, 1.807) is 0 Å². The predicted molar refractivity (Wildman–Crippen MR) is 116 cm³/mol. The fourth-order valence-corrected chi connectivity index (χ4v) is 3.90. The van der Waals surface area contributed by atoms with E-state index in [-0.39, 0.29) is 29.5 Å². The van der Waals surface area contributed by atoms with Crippen molar-refractivity contribution < 1.29 is 0 Å². The van der Waals surface area contributed by atoms with Crippen molar-refractivity contribution in [3.63, 3.8) is 0 Å². The standard InChI is InChI=1S/C17H36N4S.HI/c1-15-9-8-10-17(13-15,21(3)4)14-20-16(18-2)19-11-6-7-12-22-5;/h15H,6-14H2,1-5H3,(H2,18,19,20);1H. The molecule has 2 N–H and O–H groups in total. The molecule has 0 radical (unpaired) electrons. The van der Waals surface area contributed by atoms with Gasteiger partial charge in [-0.3, -0.25) is 4.99 Å². The van der Waals surface area contributed by atoms with E-state index in [1.165, 1.54) is 44.3 Å². The van der Waals surface area contributed by atoms with Gasteiger partial charge in [0.05, 0.1) is 0 Å². The van der Waals surface area contributed by atoms with Crippen LogP contribution in [0.2, 0.25) is 0 Å². The summed E-state index contributed by atoms with van der Waals surface area (Å²) >= 11 is 1.92. The molecule has 0 amide bonds. The fourth-order valence-electron chi connectivity index (χ4n) is 3.40. The number of guanidine groups is 1. The maximum absolute atomic E-state index is 4.37. The number of nitrogens with one attached hydrogen (secondary N) is 2. The number of rotatable bonds is 8. The van der Waals surface area contributed by atoms with Crippen molar-refractivity contribution in [3.05, 3.63) is 0 Å². The van der Waals surface area contributed by atoms with E-state index in [1.807, 2.05) is 18.8 Å². The van der Waals surface area contributed by atoms with Crippen LogP contribution in [0, 0.1) is 5.92 Å². The minimum Gasteiger partial charge on any atom is -0.356 e. The Morgan fingerprint density at radius 2 is 2.04 bits per heavy atom. The molecule has 23 heavy (non-hydrogen) atoms. The van der Waals surface area contributed by atoms with Gasteiger partial charge in [-0.1, -0.05) is 19.8 Å². The van der Waals surface area contributed by atoms with Gasteiger partial charge >= 0.3 is 0 Å². The predicted octanol–water partition coefficient (Wildman–Crippen LogP) is 3.42. The average Bonchev–Trinajstić information content (AvgIpc) is 2.50. The smallest absolute Gasteiger partial charge is 0.191 e. The molecule has 1 aliphatic rings. The summed E-state index contributed by atoms with van der Waals surface area (Å²) < 4.78 is 0. The fraction of sp³-hybridized carbons (Fsp3) is 0.941. The van der Waals surface area contributed by atoms with E-state index in [4.69, 9.17) is 0 Å². The van der Waals surface area contributed by atoms with Gasteiger partial charge in [0.2, 0.25) is 0 Å². The zero-order chi connectivity index (χ0) is 16.4. The molecule has 0 aliphatic heterocycles. The van der Waals surface area contributed by atoms with E-state index < -0.39 is 0 Å². The molecule has 0 bridgehead atoms. The van der Waals surface area contributed by atoms with Gasteiger partial charge in [-0.05, 0) is 57.7 Å². The minimum atomic E-state index is 0. The third kappa shape index (κ3) is 8.29. The Morgan fingerprint density at radius 1 is 1.30 bits per heavy atom. The van der Waals surface area contributed by atoms with Crippen molar-refractivity contribution in [2.75, 3.05) is 46.2 Å². The minimum absolute atomic E-state index is 0. The van der Waals surface area contributed by atoms with Crippen molar-refractivity contribution in [2.45, 2.75) is 51.0 Å². The number of halogens is 1. The maximum Gasteiger partial charge on any atom is 0.191 e. The van der Waals surface area contributed by atoms with Crippen LogP contribution in [0.3, 0.4) is 0 Å². The summed E-state index contributed by atoms with van der Waals surface area (Å²) in [5, 5.41) is 7.01. The van der Waals surface area contributed by atoms with Crippen LogP contribution in [-0.2, 0) is 0 Å². The van der Waals surface area contributed by atoms with E-state index in [2.05, 4.69) is 47.8 Å². The van der Waals surface area contributed by atoms with Crippen molar-refractivity contribution in [1.82, 2.24) is 15.5 Å². The van der Waals surface area contributed by atoms with Crippen molar-refractivity contribution >= 4 is 41.7 Å². The molecule has 1 saturated carbocycles. The summed E-state index contributed by atoms with van der Waals surface area (Å²) in [4.78, 5) is 6.79. The quantitative estimate of drug-likeness (QED) is 0.254. The monoisotopic (exact) mass is 456 g/mol. The molecule has 6 heteroatoms. The van der Waals surface area contributed by atoms with Crippen LogP contribution in [0.5, 0.6) is 0 Å². The Hall–Kier alpha value is 0.310. The number of likely N-dealkylation sites (N-methyl/N-ethyl adjacent to an activating group) is 1. The second-order valence-electron chi connectivity index (χ2n) is 6.87. The first-order chi connectivity index (χ1) is 10.5. The highest BCUT2D eigenvalue weighted by molar-refractivity contribution is 14.0. The third-order valence-electron chi connectivity index (χ3n) is 4.89. The first-order valence-electron chi connectivity index (χ1n) is 8.65. The van der Waals surface area contributed by atoms with Gasteiger partial charge in [-0.2, -0.15) is 11.8 Å². The normalized spacial score (nSPS) is 25.1. The Balaban J connectivity index is 0.00000484. The summed E-state index contributed by atoms with van der Waals surface area (Å²) in [5.41, 5.74) is 0.272. The van der Waals surface area contributed by atoms with Gasteiger partial charge in [0.1, 0.15) is 0 Å². The van der Waals surface area contributed by atoms with Gasteiger partial charge in [0, 0.05) is 25.7 Å². The van der Waals surface area contributed by atoms with Crippen LogP contribution in [0.1, 0.15) is 45.4 Å². The van der Waals surface area contributed by atoms with Crippen LogP contribution in [0.15, 0.2) is 4.99 Å². The van der Waals surface area contributed by atoms with Gasteiger partial charge in [0.25, 0.3) is 0 Å². The summed E-state index contributed by atoms with van der Waals surface area (Å²) in [7, 11) is 6.31. The molecular formula is C17H37IN4S. The highest BCUT2D eigenvalue weighted by atomic mass is 127. The first kappa shape index (κ1) is 23.3. The molecule has 0 spiro atoms. The third-order valence-corrected chi connectivity index (χ3v) is 5.59. The summed E-state index contributed by atoms with van der Waals surface area (Å²) in [6.07, 6.45) is 9.90. The average molecular weight is 456 g/mol. The van der Waals surface area contributed by atoms with E-state index in [0.29, 0.717) is 0 Å². The molecule has 1 rings (SSSR count). The molecule has 0 aromatic rings. The van der Waals surface area contributed by atoms with Gasteiger partial charge in [0.15, 0.2) is 5.96 Å². The van der Waals surface area contributed by atoms with Crippen molar-refractivity contribution in [2.24, 2.45) is 10.9 Å². The molecule has 0 saturated heterocycles. The topological polar surface area (TPSA) is 39.7 Å². The summed E-state index contributed by atoms with van der Waals surface area (Å²) in [5.74, 6) is 3.01. The molecule has 2 atom stereocenters. The molecule has 0 aromatic heterocycles. The number of thioether (sulfide) groups is 1. The second kappa shape index (κ2) is 12.6. The number of hydrogen-bond donors (Lipinski definition) is 2. The highest BCUT2D eigenvalue weighted by Gasteiger charge is 2.36. The van der Waals surface area contributed by atoms with Gasteiger partial charge in [-0.15, -0.1) is 24.0 Å². The van der Waals surface area contributed by atoms with Gasteiger partial charge < -0.3 is 15.5 Å². The SMILES string of the molecule is CN=C(NCCCCSC)NCC1(N(C)C)CCCC(C)C1.I. The lowest BCUT2D eigenvalue weighted by atomic mass is 9.75. The number of unbranched alkanes of at least 4 members (excludes halogenated alkanes) is 1.